The Labute approximate surface area is 171 Å². The van der Waals surface area contributed by atoms with Gasteiger partial charge in [-0.3, -0.25) is 9.59 Å². The lowest BCUT2D eigenvalue weighted by atomic mass is 10.1. The summed E-state index contributed by atoms with van der Waals surface area (Å²) >= 11 is 0. The van der Waals surface area contributed by atoms with Gasteiger partial charge >= 0.3 is 5.97 Å². The van der Waals surface area contributed by atoms with E-state index in [-0.39, 0.29) is 22.7 Å². The second-order valence-corrected chi connectivity index (χ2v) is 7.77. The van der Waals surface area contributed by atoms with E-state index < -0.39 is 28.5 Å². The molecule has 0 unspecified atom stereocenters. The molecule has 0 aliphatic heterocycles. The molecule has 0 bridgehead atoms. The molecule has 156 valence electrons. The molecule has 0 fully saturated rings. The highest BCUT2D eigenvalue weighted by atomic mass is 32.2. The molecule has 3 rings (SSSR count). The zero-order chi connectivity index (χ0) is 21.9. The molecular formula is C19H18N4O6S. The number of ether oxygens (including phenoxy) is 1. The van der Waals surface area contributed by atoms with E-state index in [0.717, 1.165) is 4.68 Å². The smallest absolute Gasteiger partial charge is 0.359 e. The van der Waals surface area contributed by atoms with Crippen LogP contribution >= 0.6 is 0 Å². The van der Waals surface area contributed by atoms with Gasteiger partial charge in [0.25, 0.3) is 11.5 Å². The molecule has 0 spiro atoms. The summed E-state index contributed by atoms with van der Waals surface area (Å²) in [5.41, 5.74) is -0.103. The van der Waals surface area contributed by atoms with Crippen LogP contribution in [0.25, 0.3) is 10.8 Å². The number of aryl methyl sites for hydroxylation is 1. The first-order valence-electron chi connectivity index (χ1n) is 8.80. The van der Waals surface area contributed by atoms with Gasteiger partial charge in [-0.05, 0) is 37.3 Å². The number of fused-ring (bicyclic) bond motifs is 1. The Balaban J connectivity index is 1.72. The van der Waals surface area contributed by atoms with Gasteiger partial charge in [-0.2, -0.15) is 5.10 Å². The molecule has 30 heavy (non-hydrogen) atoms. The van der Waals surface area contributed by atoms with E-state index in [1.54, 1.807) is 31.2 Å². The maximum atomic E-state index is 12.5. The molecule has 1 amide bonds. The number of nitrogens with one attached hydrogen (secondary N) is 1. The number of nitrogens with zero attached hydrogens (tertiary/aromatic N) is 2. The van der Waals surface area contributed by atoms with E-state index in [0.29, 0.717) is 16.5 Å². The molecule has 0 saturated carbocycles. The molecule has 2 aromatic carbocycles. The molecule has 0 aliphatic rings. The molecule has 0 aliphatic carbocycles. The average Bonchev–Trinajstić information content (AvgIpc) is 2.72. The fourth-order valence-corrected chi connectivity index (χ4v) is 3.24. The quantitative estimate of drug-likeness (QED) is 0.551. The van der Waals surface area contributed by atoms with E-state index in [1.807, 2.05) is 0 Å². The van der Waals surface area contributed by atoms with Crippen LogP contribution in [0.2, 0.25) is 0 Å². The van der Waals surface area contributed by atoms with Crippen LogP contribution in [0, 0.1) is 0 Å². The van der Waals surface area contributed by atoms with E-state index >= 15 is 0 Å². The Kier molecular flexibility index (Phi) is 5.94. The van der Waals surface area contributed by atoms with E-state index in [2.05, 4.69) is 10.4 Å². The van der Waals surface area contributed by atoms with Crippen LogP contribution in [-0.4, -0.2) is 36.7 Å². The Bertz CT molecular complexity index is 1280. The van der Waals surface area contributed by atoms with Gasteiger partial charge in [0.05, 0.1) is 10.3 Å². The molecule has 0 radical (unpaired) electrons. The van der Waals surface area contributed by atoms with Crippen molar-refractivity contribution in [3.05, 3.63) is 64.6 Å². The van der Waals surface area contributed by atoms with E-state index in [9.17, 15) is 22.8 Å². The van der Waals surface area contributed by atoms with Gasteiger partial charge in [-0.25, -0.2) is 23.0 Å². The van der Waals surface area contributed by atoms with Crippen LogP contribution in [0.3, 0.4) is 0 Å². The van der Waals surface area contributed by atoms with Crippen LogP contribution in [0.1, 0.15) is 17.4 Å². The third-order valence-electron chi connectivity index (χ3n) is 4.16. The SMILES string of the molecule is CCn1nc(C(=O)OCC(=O)Nc2ccc(S(N)(=O)=O)cc2)c2ccccc2c1=O. The summed E-state index contributed by atoms with van der Waals surface area (Å²) in [6.45, 7) is 1.38. The maximum absolute atomic E-state index is 12.5. The number of aromatic nitrogens is 2. The number of benzene rings is 2. The maximum Gasteiger partial charge on any atom is 0.359 e. The molecule has 1 aromatic heterocycles. The summed E-state index contributed by atoms with van der Waals surface area (Å²) in [6, 6.07) is 11.7. The fraction of sp³-hybridized carbons (Fsp3) is 0.158. The van der Waals surface area contributed by atoms with Crippen molar-refractivity contribution >= 4 is 38.4 Å². The van der Waals surface area contributed by atoms with Crippen LogP contribution in [0.4, 0.5) is 5.69 Å². The third-order valence-corrected chi connectivity index (χ3v) is 5.09. The standard InChI is InChI=1S/C19H18N4O6S/c1-2-23-18(25)15-6-4-3-5-14(15)17(22-23)19(26)29-11-16(24)21-12-7-9-13(10-8-12)30(20,27)28/h3-10H,2,11H2,1H3,(H,21,24)(H2,20,27,28). The molecule has 0 saturated heterocycles. The predicted octanol–water partition coefficient (Wildman–Crippen LogP) is 0.859. The number of hydrogen-bond donors (Lipinski definition) is 2. The Morgan fingerprint density at radius 1 is 1.10 bits per heavy atom. The number of esters is 1. The number of hydrogen-bond acceptors (Lipinski definition) is 7. The minimum atomic E-state index is -3.84. The van der Waals surface area contributed by atoms with Crippen molar-refractivity contribution in [2.75, 3.05) is 11.9 Å². The van der Waals surface area contributed by atoms with Gasteiger partial charge in [0.15, 0.2) is 12.3 Å². The van der Waals surface area contributed by atoms with Crippen LogP contribution < -0.4 is 16.0 Å². The zero-order valence-electron chi connectivity index (χ0n) is 15.9. The van der Waals surface area contributed by atoms with Crippen molar-refractivity contribution in [1.82, 2.24) is 9.78 Å². The Morgan fingerprint density at radius 2 is 1.73 bits per heavy atom. The first-order valence-corrected chi connectivity index (χ1v) is 10.3. The predicted molar refractivity (Wildman–Crippen MR) is 108 cm³/mol. The van der Waals surface area contributed by atoms with Gasteiger partial charge in [-0.15, -0.1) is 0 Å². The number of carbonyl (C=O) groups is 2. The molecule has 0 atom stereocenters. The number of sulfonamides is 1. The number of primary sulfonamides is 1. The van der Waals surface area contributed by atoms with Crippen molar-refractivity contribution < 1.29 is 22.7 Å². The fourth-order valence-electron chi connectivity index (χ4n) is 2.72. The summed E-state index contributed by atoms with van der Waals surface area (Å²) in [5, 5.41) is 12.2. The number of anilines is 1. The topological polar surface area (TPSA) is 150 Å². The molecule has 11 heteroatoms. The van der Waals surface area contributed by atoms with Gasteiger partial charge in [-0.1, -0.05) is 18.2 Å². The Hall–Kier alpha value is -3.57. The lowest BCUT2D eigenvalue weighted by molar-refractivity contribution is -0.119. The largest absolute Gasteiger partial charge is 0.451 e. The van der Waals surface area contributed by atoms with Crippen molar-refractivity contribution in [1.29, 1.82) is 0 Å². The van der Waals surface area contributed by atoms with Crippen molar-refractivity contribution in [2.24, 2.45) is 5.14 Å². The van der Waals surface area contributed by atoms with E-state index in [1.165, 1.54) is 24.3 Å². The summed E-state index contributed by atoms with van der Waals surface area (Å²) in [5.74, 6) is -1.49. The number of nitrogens with two attached hydrogens (primary N) is 1. The molecule has 3 N–H and O–H groups in total. The highest BCUT2D eigenvalue weighted by Crippen LogP contribution is 2.15. The summed E-state index contributed by atoms with van der Waals surface area (Å²) in [7, 11) is -3.84. The van der Waals surface area contributed by atoms with Crippen LogP contribution in [-0.2, 0) is 26.1 Å². The van der Waals surface area contributed by atoms with Crippen molar-refractivity contribution in [3.63, 3.8) is 0 Å². The molecule has 3 aromatic rings. The minimum Gasteiger partial charge on any atom is -0.451 e. The summed E-state index contributed by atoms with van der Waals surface area (Å²) < 4.78 is 28.7. The number of rotatable bonds is 6. The highest BCUT2D eigenvalue weighted by Gasteiger charge is 2.18. The van der Waals surface area contributed by atoms with E-state index in [4.69, 9.17) is 9.88 Å². The second kappa shape index (κ2) is 8.43. The van der Waals surface area contributed by atoms with Crippen molar-refractivity contribution in [2.45, 2.75) is 18.4 Å². The Morgan fingerprint density at radius 3 is 2.33 bits per heavy atom. The lowest BCUT2D eigenvalue weighted by Gasteiger charge is -2.10. The van der Waals surface area contributed by atoms with Gasteiger partial charge < -0.3 is 10.1 Å². The first-order chi connectivity index (χ1) is 14.2. The summed E-state index contributed by atoms with van der Waals surface area (Å²) in [6.07, 6.45) is 0. The van der Waals surface area contributed by atoms with Crippen LogP contribution in [0.15, 0.2) is 58.2 Å². The van der Waals surface area contributed by atoms with Gasteiger partial charge in [0.2, 0.25) is 10.0 Å². The third kappa shape index (κ3) is 4.53. The average molecular weight is 430 g/mol. The molecule has 1 heterocycles. The first kappa shape index (κ1) is 21.1. The summed E-state index contributed by atoms with van der Waals surface area (Å²) in [4.78, 5) is 36.8. The monoisotopic (exact) mass is 430 g/mol. The molecule has 10 nitrogen and oxygen atoms in total. The van der Waals surface area contributed by atoms with Crippen LogP contribution in [0.5, 0.6) is 0 Å². The number of carbonyl (C=O) groups excluding carboxylic acids is 2. The number of amides is 1. The molecular weight excluding hydrogens is 412 g/mol. The van der Waals surface area contributed by atoms with Gasteiger partial charge in [0, 0.05) is 17.6 Å². The minimum absolute atomic E-state index is 0.0719. The highest BCUT2D eigenvalue weighted by molar-refractivity contribution is 7.89. The lowest BCUT2D eigenvalue weighted by Crippen LogP contribution is -2.27. The normalized spacial score (nSPS) is 11.3. The van der Waals surface area contributed by atoms with Crippen molar-refractivity contribution in [3.8, 4) is 0 Å². The second-order valence-electron chi connectivity index (χ2n) is 6.21. The zero-order valence-corrected chi connectivity index (χ0v) is 16.7. The van der Waals surface area contributed by atoms with Gasteiger partial charge in [0.1, 0.15) is 0 Å².